The number of carbonyl (C=O) groups is 1. The van der Waals surface area contributed by atoms with Crippen molar-refractivity contribution >= 4 is 6.29 Å². The van der Waals surface area contributed by atoms with Crippen LogP contribution in [0.3, 0.4) is 0 Å². The third kappa shape index (κ3) is 8.90. The minimum atomic E-state index is -0.0977. The van der Waals surface area contributed by atoms with Crippen LogP contribution in [-0.2, 0) is 4.79 Å². The van der Waals surface area contributed by atoms with E-state index in [0.717, 1.165) is 38.4 Å². The Morgan fingerprint density at radius 3 is 2.00 bits per heavy atom. The van der Waals surface area contributed by atoms with E-state index >= 15 is 0 Å². The van der Waals surface area contributed by atoms with Crippen molar-refractivity contribution < 1.29 is 9.90 Å². The maximum Gasteiger partial charge on any atom is 0.123 e. The molecule has 2 atom stereocenters. The van der Waals surface area contributed by atoms with Gasteiger partial charge in [-0.1, -0.05) is 46.0 Å². The highest BCUT2D eigenvalue weighted by atomic mass is 16.3. The lowest BCUT2D eigenvalue weighted by Gasteiger charge is -2.08. The lowest BCUT2D eigenvalue weighted by atomic mass is 9.99. The predicted octanol–water partition coefficient (Wildman–Crippen LogP) is 3.71. The molecule has 0 spiro atoms. The van der Waals surface area contributed by atoms with Crippen LogP contribution in [0.5, 0.6) is 0 Å². The molecule has 0 aliphatic heterocycles. The Bertz CT molecular complexity index is 157. The Balaban J connectivity index is 3.18. The number of carbonyl (C=O) groups excluding carboxylic acids is 1. The van der Waals surface area contributed by atoms with Gasteiger partial charge in [0.25, 0.3) is 0 Å². The molecule has 0 aliphatic carbocycles. The molecule has 0 aromatic heterocycles. The summed E-state index contributed by atoms with van der Waals surface area (Å²) in [6.45, 7) is 4.10. The maximum absolute atomic E-state index is 10.6. The van der Waals surface area contributed by atoms with E-state index < -0.39 is 0 Å². The zero-order valence-electron chi connectivity index (χ0n) is 11.0. The Hall–Kier alpha value is -0.370. The summed E-state index contributed by atoms with van der Waals surface area (Å²) in [5.74, 6) is 0.280. The smallest absolute Gasteiger partial charge is 0.123 e. The minimum absolute atomic E-state index is 0.0977. The van der Waals surface area contributed by atoms with Crippen molar-refractivity contribution in [1.82, 2.24) is 0 Å². The zero-order valence-corrected chi connectivity index (χ0v) is 11.0. The Morgan fingerprint density at radius 2 is 1.50 bits per heavy atom. The van der Waals surface area contributed by atoms with Gasteiger partial charge in [-0.05, 0) is 25.7 Å². The molecule has 0 heterocycles. The Kier molecular flexibility index (Phi) is 10.9. The molecule has 2 unspecified atom stereocenters. The lowest BCUT2D eigenvalue weighted by Crippen LogP contribution is -2.03. The van der Waals surface area contributed by atoms with Crippen molar-refractivity contribution in [2.75, 3.05) is 0 Å². The second-order valence-electron chi connectivity index (χ2n) is 4.71. The molecule has 2 heteroatoms. The normalized spacial score (nSPS) is 14.7. The first-order valence-electron chi connectivity index (χ1n) is 6.87. The second kappa shape index (κ2) is 11.1. The fourth-order valence-electron chi connectivity index (χ4n) is 1.89. The first kappa shape index (κ1) is 15.6. The van der Waals surface area contributed by atoms with Crippen LogP contribution < -0.4 is 0 Å². The van der Waals surface area contributed by atoms with Gasteiger partial charge in [0.05, 0.1) is 6.10 Å². The van der Waals surface area contributed by atoms with Gasteiger partial charge in [-0.25, -0.2) is 0 Å². The quantitative estimate of drug-likeness (QED) is 0.432. The summed E-state index contributed by atoms with van der Waals surface area (Å²) in [6.07, 6.45) is 10.8. The average Bonchev–Trinajstić information content (AvgIpc) is 2.32. The number of rotatable bonds is 11. The molecule has 0 rings (SSSR count). The van der Waals surface area contributed by atoms with E-state index in [0.29, 0.717) is 0 Å². The molecule has 0 saturated heterocycles. The molecule has 0 radical (unpaired) electrons. The molecule has 0 bridgehead atoms. The molecule has 0 amide bonds. The zero-order chi connectivity index (χ0) is 12.2. The highest BCUT2D eigenvalue weighted by Crippen LogP contribution is 2.14. The van der Waals surface area contributed by atoms with E-state index in [1.807, 2.05) is 6.92 Å². The van der Waals surface area contributed by atoms with Crippen LogP contribution in [0.2, 0.25) is 0 Å². The molecule has 16 heavy (non-hydrogen) atoms. The average molecular weight is 228 g/mol. The molecule has 0 aliphatic rings. The number of unbranched alkanes of at least 4 members (excludes halogenated alkanes) is 4. The van der Waals surface area contributed by atoms with Crippen molar-refractivity contribution in [3.8, 4) is 0 Å². The van der Waals surface area contributed by atoms with Crippen molar-refractivity contribution in [2.45, 2.75) is 77.7 Å². The van der Waals surface area contributed by atoms with Gasteiger partial charge >= 0.3 is 0 Å². The standard InChI is InChI=1S/C14H28O2/c1-3-13(12-15)10-8-6-5-7-9-11-14(16)4-2/h12-14,16H,3-11H2,1-2H3. The number of aliphatic hydroxyl groups is 1. The van der Waals surface area contributed by atoms with Crippen LogP contribution in [0, 0.1) is 5.92 Å². The van der Waals surface area contributed by atoms with E-state index in [-0.39, 0.29) is 12.0 Å². The SMILES string of the molecule is CCC(O)CCCCCCCC(C=O)CC. The molecule has 2 nitrogen and oxygen atoms in total. The Morgan fingerprint density at radius 1 is 0.938 bits per heavy atom. The lowest BCUT2D eigenvalue weighted by molar-refractivity contribution is -0.111. The van der Waals surface area contributed by atoms with Crippen LogP contribution in [-0.4, -0.2) is 17.5 Å². The third-order valence-corrected chi connectivity index (χ3v) is 3.30. The number of aliphatic hydroxyl groups excluding tert-OH is 1. The largest absolute Gasteiger partial charge is 0.393 e. The fraction of sp³-hybridized carbons (Fsp3) is 0.929. The van der Waals surface area contributed by atoms with Gasteiger partial charge in [-0.15, -0.1) is 0 Å². The van der Waals surface area contributed by atoms with Crippen molar-refractivity contribution in [3.63, 3.8) is 0 Å². The third-order valence-electron chi connectivity index (χ3n) is 3.30. The van der Waals surface area contributed by atoms with Gasteiger partial charge in [-0.2, -0.15) is 0 Å². The molecule has 96 valence electrons. The van der Waals surface area contributed by atoms with Crippen LogP contribution in [0.1, 0.15) is 71.6 Å². The van der Waals surface area contributed by atoms with Crippen molar-refractivity contribution in [2.24, 2.45) is 5.92 Å². The van der Waals surface area contributed by atoms with E-state index in [2.05, 4.69) is 6.92 Å². The molecular weight excluding hydrogens is 200 g/mol. The van der Waals surface area contributed by atoms with Gasteiger partial charge < -0.3 is 9.90 Å². The van der Waals surface area contributed by atoms with Crippen LogP contribution in [0.25, 0.3) is 0 Å². The molecule has 0 aromatic rings. The first-order chi connectivity index (χ1) is 7.74. The second-order valence-corrected chi connectivity index (χ2v) is 4.71. The van der Waals surface area contributed by atoms with Gasteiger partial charge in [-0.3, -0.25) is 0 Å². The molecule has 0 saturated carbocycles. The van der Waals surface area contributed by atoms with E-state index in [1.165, 1.54) is 25.7 Å². The molecule has 0 aromatic carbocycles. The highest BCUT2D eigenvalue weighted by Gasteiger charge is 2.03. The summed E-state index contributed by atoms with van der Waals surface area (Å²) in [7, 11) is 0. The van der Waals surface area contributed by atoms with Crippen LogP contribution in [0.4, 0.5) is 0 Å². The summed E-state index contributed by atoms with van der Waals surface area (Å²) in [5.41, 5.74) is 0. The summed E-state index contributed by atoms with van der Waals surface area (Å²) >= 11 is 0. The summed E-state index contributed by atoms with van der Waals surface area (Å²) < 4.78 is 0. The Labute approximate surface area is 100 Å². The molecule has 1 N–H and O–H groups in total. The molecular formula is C14H28O2. The molecule has 0 fully saturated rings. The van der Waals surface area contributed by atoms with Crippen LogP contribution >= 0.6 is 0 Å². The topological polar surface area (TPSA) is 37.3 Å². The van der Waals surface area contributed by atoms with Crippen LogP contribution in [0.15, 0.2) is 0 Å². The van der Waals surface area contributed by atoms with Crippen molar-refractivity contribution in [3.05, 3.63) is 0 Å². The predicted molar refractivity (Wildman–Crippen MR) is 68.5 cm³/mol. The van der Waals surface area contributed by atoms with E-state index in [4.69, 9.17) is 0 Å². The summed E-state index contributed by atoms with van der Waals surface area (Å²) in [4.78, 5) is 10.6. The van der Waals surface area contributed by atoms with Gasteiger partial charge in [0, 0.05) is 5.92 Å². The monoisotopic (exact) mass is 228 g/mol. The fourth-order valence-corrected chi connectivity index (χ4v) is 1.89. The maximum atomic E-state index is 10.6. The van der Waals surface area contributed by atoms with Gasteiger partial charge in [0.1, 0.15) is 6.29 Å². The van der Waals surface area contributed by atoms with Gasteiger partial charge in [0.2, 0.25) is 0 Å². The van der Waals surface area contributed by atoms with E-state index in [1.54, 1.807) is 0 Å². The number of hydrogen-bond acceptors (Lipinski definition) is 2. The minimum Gasteiger partial charge on any atom is -0.393 e. The van der Waals surface area contributed by atoms with Crippen molar-refractivity contribution in [1.29, 1.82) is 0 Å². The number of aldehydes is 1. The number of hydrogen-bond donors (Lipinski definition) is 1. The highest BCUT2D eigenvalue weighted by molar-refractivity contribution is 5.53. The van der Waals surface area contributed by atoms with Gasteiger partial charge in [0.15, 0.2) is 0 Å². The summed E-state index contributed by atoms with van der Waals surface area (Å²) in [6, 6.07) is 0. The van der Waals surface area contributed by atoms with E-state index in [9.17, 15) is 9.90 Å². The summed E-state index contributed by atoms with van der Waals surface area (Å²) in [5, 5.41) is 9.36. The first-order valence-corrected chi connectivity index (χ1v) is 6.87.